The Morgan fingerprint density at radius 1 is 0.962 bits per heavy atom. The van der Waals surface area contributed by atoms with Crippen LogP contribution in [0.4, 0.5) is 0 Å². The summed E-state index contributed by atoms with van der Waals surface area (Å²) in [6.45, 7) is 0. The van der Waals surface area contributed by atoms with Crippen LogP contribution in [-0.2, 0) is 4.79 Å². The number of carbonyl (C=O) groups excluding carboxylic acids is 1. The molecule has 0 aliphatic heterocycles. The highest BCUT2D eigenvalue weighted by Gasteiger charge is 2.16. The van der Waals surface area contributed by atoms with Crippen LogP contribution >= 0.6 is 23.2 Å². The lowest BCUT2D eigenvalue weighted by atomic mass is 10.0. The highest BCUT2D eigenvalue weighted by atomic mass is 35.5. The van der Waals surface area contributed by atoms with E-state index in [-0.39, 0.29) is 11.9 Å². The van der Waals surface area contributed by atoms with Gasteiger partial charge in [0.05, 0.1) is 21.8 Å². The topological polar surface area (TPSA) is 42.0 Å². The number of amides is 1. The predicted octanol–water partition coefficient (Wildman–Crippen LogP) is 5.31. The first-order chi connectivity index (χ1) is 12.6. The Hall–Kier alpha value is -2.62. The second-order valence-corrected chi connectivity index (χ2v) is 6.37. The van der Waals surface area contributed by atoms with Crippen LogP contribution in [0, 0.1) is 0 Å². The average Bonchev–Trinajstić information content (AvgIpc) is 2.68. The number of halogens is 2. The number of rotatable bonds is 5. The van der Waals surface area contributed by atoms with E-state index >= 15 is 0 Å². The number of benzene rings is 2. The molecule has 3 nitrogen and oxygen atoms in total. The lowest BCUT2D eigenvalue weighted by molar-refractivity contribution is -0.116. The summed E-state index contributed by atoms with van der Waals surface area (Å²) >= 11 is 12.1. The molecule has 0 aliphatic carbocycles. The minimum absolute atomic E-state index is 0.249. The largest absolute Gasteiger partial charge is 0.340 e. The third kappa shape index (κ3) is 4.51. The van der Waals surface area contributed by atoms with Gasteiger partial charge in [0.1, 0.15) is 0 Å². The summed E-state index contributed by atoms with van der Waals surface area (Å²) in [5.74, 6) is -0.249. The Bertz CT molecular complexity index is 872. The first kappa shape index (κ1) is 18.2. The molecule has 2 aromatic carbocycles. The van der Waals surface area contributed by atoms with Crippen molar-refractivity contribution >= 4 is 35.2 Å². The molecule has 0 spiro atoms. The fourth-order valence-electron chi connectivity index (χ4n) is 2.53. The smallest absolute Gasteiger partial charge is 0.244 e. The zero-order valence-corrected chi connectivity index (χ0v) is 15.3. The van der Waals surface area contributed by atoms with Crippen LogP contribution in [0.15, 0.2) is 79.0 Å². The maximum atomic E-state index is 12.5. The Kier molecular flexibility index (Phi) is 6.05. The molecule has 3 aromatic rings. The summed E-state index contributed by atoms with van der Waals surface area (Å²) in [4.78, 5) is 16.8. The van der Waals surface area contributed by atoms with E-state index in [0.29, 0.717) is 15.6 Å². The number of hydrogen-bond acceptors (Lipinski definition) is 2. The van der Waals surface area contributed by atoms with E-state index in [2.05, 4.69) is 10.3 Å². The number of nitrogens with zero attached hydrogens (tertiary/aromatic N) is 1. The lowest BCUT2D eigenvalue weighted by Crippen LogP contribution is -2.28. The highest BCUT2D eigenvalue weighted by molar-refractivity contribution is 6.42. The molecule has 0 aliphatic rings. The molecule has 0 saturated carbocycles. The van der Waals surface area contributed by atoms with E-state index in [1.165, 1.54) is 6.08 Å². The number of aromatic nitrogens is 1. The SMILES string of the molecule is O=C(/C=C/c1cccc(Cl)c1Cl)NC(c1ccccc1)c1ccccn1. The molecule has 0 radical (unpaired) electrons. The van der Waals surface area contributed by atoms with Crippen molar-refractivity contribution in [2.75, 3.05) is 0 Å². The van der Waals surface area contributed by atoms with Crippen LogP contribution in [0.1, 0.15) is 22.9 Å². The van der Waals surface area contributed by atoms with E-state index < -0.39 is 0 Å². The molecule has 0 fully saturated rings. The fourth-order valence-corrected chi connectivity index (χ4v) is 2.90. The van der Waals surface area contributed by atoms with Gasteiger partial charge < -0.3 is 5.32 Å². The second kappa shape index (κ2) is 8.65. The molecule has 130 valence electrons. The van der Waals surface area contributed by atoms with Crippen LogP contribution in [0.5, 0.6) is 0 Å². The van der Waals surface area contributed by atoms with Gasteiger partial charge in [-0.15, -0.1) is 0 Å². The molecule has 5 heteroatoms. The van der Waals surface area contributed by atoms with Crippen LogP contribution < -0.4 is 5.32 Å². The van der Waals surface area contributed by atoms with Crippen LogP contribution in [-0.4, -0.2) is 10.9 Å². The zero-order chi connectivity index (χ0) is 18.4. The van der Waals surface area contributed by atoms with Gasteiger partial charge in [0.25, 0.3) is 0 Å². The van der Waals surface area contributed by atoms with Gasteiger partial charge in [0.2, 0.25) is 5.91 Å². The van der Waals surface area contributed by atoms with Gasteiger partial charge in [-0.3, -0.25) is 9.78 Å². The molecule has 1 aromatic heterocycles. The number of pyridine rings is 1. The monoisotopic (exact) mass is 382 g/mol. The first-order valence-corrected chi connectivity index (χ1v) is 8.79. The fraction of sp³-hybridized carbons (Fsp3) is 0.0476. The summed E-state index contributed by atoms with van der Waals surface area (Å²) in [6, 6.07) is 20.3. The molecule has 1 N–H and O–H groups in total. The molecule has 1 heterocycles. The maximum absolute atomic E-state index is 12.5. The van der Waals surface area contributed by atoms with Gasteiger partial charge in [-0.2, -0.15) is 0 Å². The normalized spacial score (nSPS) is 12.1. The van der Waals surface area contributed by atoms with Crippen molar-refractivity contribution in [3.63, 3.8) is 0 Å². The maximum Gasteiger partial charge on any atom is 0.244 e. The third-order valence-electron chi connectivity index (χ3n) is 3.80. The summed E-state index contributed by atoms with van der Waals surface area (Å²) in [6.07, 6.45) is 4.79. The molecule has 1 unspecified atom stereocenters. The van der Waals surface area contributed by atoms with Crippen molar-refractivity contribution in [2.24, 2.45) is 0 Å². The van der Waals surface area contributed by atoms with Gasteiger partial charge in [0.15, 0.2) is 0 Å². The Balaban J connectivity index is 1.82. The first-order valence-electron chi connectivity index (χ1n) is 8.03. The summed E-state index contributed by atoms with van der Waals surface area (Å²) in [7, 11) is 0. The zero-order valence-electron chi connectivity index (χ0n) is 13.8. The van der Waals surface area contributed by atoms with Gasteiger partial charge in [-0.1, -0.05) is 71.7 Å². The Morgan fingerprint density at radius 3 is 2.46 bits per heavy atom. The molecule has 0 saturated heterocycles. The Labute approximate surface area is 162 Å². The quantitative estimate of drug-likeness (QED) is 0.607. The van der Waals surface area contributed by atoms with E-state index in [1.54, 1.807) is 30.5 Å². The molecular weight excluding hydrogens is 367 g/mol. The van der Waals surface area contributed by atoms with E-state index in [4.69, 9.17) is 23.2 Å². The summed E-state index contributed by atoms with van der Waals surface area (Å²) in [5, 5.41) is 3.86. The molecule has 26 heavy (non-hydrogen) atoms. The van der Waals surface area contributed by atoms with Crippen LogP contribution in [0.3, 0.4) is 0 Å². The number of nitrogens with one attached hydrogen (secondary N) is 1. The lowest BCUT2D eigenvalue weighted by Gasteiger charge is -2.18. The van der Waals surface area contributed by atoms with Crippen molar-refractivity contribution in [2.45, 2.75) is 6.04 Å². The van der Waals surface area contributed by atoms with Crippen LogP contribution in [0.2, 0.25) is 10.0 Å². The molecule has 1 atom stereocenters. The van der Waals surface area contributed by atoms with Crippen LogP contribution in [0.25, 0.3) is 6.08 Å². The molecule has 1 amide bonds. The third-order valence-corrected chi connectivity index (χ3v) is 4.63. The van der Waals surface area contributed by atoms with Crippen molar-refractivity contribution in [3.05, 3.63) is 106 Å². The summed E-state index contributed by atoms with van der Waals surface area (Å²) < 4.78 is 0. The van der Waals surface area contributed by atoms with Gasteiger partial charge in [-0.05, 0) is 35.4 Å². The standard InChI is InChI=1S/C21H16Cl2N2O/c22-17-10-6-9-15(20(17)23)12-13-19(26)25-21(16-7-2-1-3-8-16)18-11-4-5-14-24-18/h1-14,21H,(H,25,26)/b13-12+. The average molecular weight is 383 g/mol. The Morgan fingerprint density at radius 2 is 1.73 bits per heavy atom. The summed E-state index contributed by atoms with van der Waals surface area (Å²) in [5.41, 5.74) is 2.40. The predicted molar refractivity (Wildman–Crippen MR) is 106 cm³/mol. The van der Waals surface area contributed by atoms with Gasteiger partial charge in [0, 0.05) is 12.3 Å². The highest BCUT2D eigenvalue weighted by Crippen LogP contribution is 2.26. The van der Waals surface area contributed by atoms with Crippen molar-refractivity contribution < 1.29 is 4.79 Å². The second-order valence-electron chi connectivity index (χ2n) is 5.58. The van der Waals surface area contributed by atoms with Crippen molar-refractivity contribution in [1.82, 2.24) is 10.3 Å². The number of hydrogen-bond donors (Lipinski definition) is 1. The minimum Gasteiger partial charge on any atom is -0.340 e. The molecular formula is C21H16Cl2N2O. The van der Waals surface area contributed by atoms with Crippen molar-refractivity contribution in [3.8, 4) is 0 Å². The van der Waals surface area contributed by atoms with Gasteiger partial charge >= 0.3 is 0 Å². The van der Waals surface area contributed by atoms with E-state index in [0.717, 1.165) is 11.3 Å². The number of carbonyl (C=O) groups is 1. The van der Waals surface area contributed by atoms with Gasteiger partial charge in [-0.25, -0.2) is 0 Å². The van der Waals surface area contributed by atoms with Crippen molar-refractivity contribution in [1.29, 1.82) is 0 Å². The molecule has 3 rings (SSSR count). The minimum atomic E-state index is -0.343. The molecule has 0 bridgehead atoms. The van der Waals surface area contributed by atoms with E-state index in [1.807, 2.05) is 48.5 Å². The van der Waals surface area contributed by atoms with E-state index in [9.17, 15) is 4.79 Å².